The van der Waals surface area contributed by atoms with E-state index in [1.54, 1.807) is 12.7 Å². The van der Waals surface area contributed by atoms with Crippen molar-refractivity contribution in [2.45, 2.75) is 27.7 Å². The molecule has 0 aliphatic carbocycles. The van der Waals surface area contributed by atoms with Crippen molar-refractivity contribution in [1.82, 2.24) is 0 Å². The molecule has 0 aliphatic heterocycles. The van der Waals surface area contributed by atoms with Gasteiger partial charge in [-0.15, -0.1) is 0 Å². The van der Waals surface area contributed by atoms with E-state index in [0.717, 1.165) is 56.5 Å². The summed E-state index contributed by atoms with van der Waals surface area (Å²) >= 11 is 0. The predicted molar refractivity (Wildman–Crippen MR) is 159 cm³/mol. The Morgan fingerprint density at radius 2 is 0.974 bits per heavy atom. The van der Waals surface area contributed by atoms with Crippen LogP contribution in [-0.2, 0) is 0 Å². The Hall–Kier alpha value is -4.58. The number of rotatable bonds is 11. The van der Waals surface area contributed by atoms with Gasteiger partial charge < -0.3 is 20.1 Å². The van der Waals surface area contributed by atoms with Crippen LogP contribution in [-0.4, -0.2) is 25.9 Å². The molecule has 6 heteroatoms. The van der Waals surface area contributed by atoms with Crippen LogP contribution in [0.25, 0.3) is 0 Å². The van der Waals surface area contributed by atoms with Crippen LogP contribution < -0.4 is 20.1 Å². The Morgan fingerprint density at radius 1 is 0.579 bits per heavy atom. The minimum absolute atomic E-state index is 0.372. The van der Waals surface area contributed by atoms with Gasteiger partial charge in [0.15, 0.2) is 0 Å². The standard InChI is InChI=1S/C32H34N4O2/c1-23-17-25(3)31(29(19-23)35-21-33-27-11-7-5-8-12-27)37-15-16-38-32-26(4)18-24(2)20-30(32)36-22-34-28-13-9-6-10-14-28/h5-14,17-22H,15-16H2,1-4H3,(H,33,35)(H,34,36). The quantitative estimate of drug-likeness (QED) is 0.123. The van der Waals surface area contributed by atoms with E-state index in [-0.39, 0.29) is 0 Å². The number of hydrogen-bond donors (Lipinski definition) is 2. The van der Waals surface area contributed by atoms with Crippen LogP contribution in [0.2, 0.25) is 0 Å². The van der Waals surface area contributed by atoms with Crippen molar-refractivity contribution in [3.05, 3.63) is 107 Å². The molecule has 2 N–H and O–H groups in total. The zero-order valence-electron chi connectivity index (χ0n) is 22.4. The Bertz CT molecular complexity index is 1290. The molecule has 0 atom stereocenters. The van der Waals surface area contributed by atoms with Crippen molar-refractivity contribution in [3.8, 4) is 11.5 Å². The largest absolute Gasteiger partial charge is 0.487 e. The molecule has 0 aromatic heterocycles. The number of anilines is 2. The Morgan fingerprint density at radius 3 is 1.37 bits per heavy atom. The van der Waals surface area contributed by atoms with E-state index < -0.39 is 0 Å². The Kier molecular flexibility index (Phi) is 9.13. The molecule has 194 valence electrons. The monoisotopic (exact) mass is 506 g/mol. The highest BCUT2D eigenvalue weighted by Crippen LogP contribution is 2.34. The second-order valence-corrected chi connectivity index (χ2v) is 9.09. The first kappa shape index (κ1) is 26.5. The van der Waals surface area contributed by atoms with Crippen LogP contribution in [0.4, 0.5) is 22.7 Å². The number of nitrogens with zero attached hydrogens (tertiary/aromatic N) is 2. The number of aliphatic imine (C=N–C) groups is 2. The molecule has 6 nitrogen and oxygen atoms in total. The van der Waals surface area contributed by atoms with Gasteiger partial charge in [0, 0.05) is 11.4 Å². The molecule has 0 heterocycles. The molecule has 0 unspecified atom stereocenters. The first-order valence-electron chi connectivity index (χ1n) is 12.7. The molecular weight excluding hydrogens is 472 g/mol. The van der Waals surface area contributed by atoms with Crippen LogP contribution in [0.1, 0.15) is 22.3 Å². The number of para-hydroxylation sites is 2. The molecule has 38 heavy (non-hydrogen) atoms. The molecule has 0 aliphatic rings. The topological polar surface area (TPSA) is 67.2 Å². The number of ether oxygens (including phenoxy) is 2. The summed E-state index contributed by atoms with van der Waals surface area (Å²) < 4.78 is 12.3. The Balaban J connectivity index is 1.41. The van der Waals surface area contributed by atoms with E-state index in [4.69, 9.17) is 9.47 Å². The minimum atomic E-state index is 0.372. The lowest BCUT2D eigenvalue weighted by Gasteiger charge is -2.15. The maximum absolute atomic E-state index is 6.17. The summed E-state index contributed by atoms with van der Waals surface area (Å²) in [4.78, 5) is 9.26. The highest BCUT2D eigenvalue weighted by Gasteiger charge is 2.11. The van der Waals surface area contributed by atoms with E-state index in [0.29, 0.717) is 13.2 Å². The molecule has 4 aromatic rings. The molecule has 0 fully saturated rings. The summed E-state index contributed by atoms with van der Waals surface area (Å²) in [5.74, 6) is 1.49. The zero-order valence-corrected chi connectivity index (χ0v) is 22.4. The van der Waals surface area contributed by atoms with Gasteiger partial charge in [0.25, 0.3) is 0 Å². The maximum Gasteiger partial charge on any atom is 0.148 e. The molecule has 0 radical (unpaired) electrons. The van der Waals surface area contributed by atoms with Crippen molar-refractivity contribution in [1.29, 1.82) is 0 Å². The zero-order chi connectivity index (χ0) is 26.7. The summed E-state index contributed by atoms with van der Waals surface area (Å²) in [5, 5.41) is 6.40. The predicted octanol–water partition coefficient (Wildman–Crippen LogP) is 7.92. The lowest BCUT2D eigenvalue weighted by atomic mass is 10.1. The van der Waals surface area contributed by atoms with Crippen molar-refractivity contribution in [2.75, 3.05) is 23.8 Å². The van der Waals surface area contributed by atoms with Crippen molar-refractivity contribution < 1.29 is 9.47 Å². The lowest BCUT2D eigenvalue weighted by Crippen LogP contribution is -2.11. The smallest absolute Gasteiger partial charge is 0.148 e. The van der Waals surface area contributed by atoms with E-state index in [9.17, 15) is 0 Å². The molecule has 4 rings (SSSR count). The first-order valence-corrected chi connectivity index (χ1v) is 12.7. The van der Waals surface area contributed by atoms with Gasteiger partial charge in [0.05, 0.1) is 12.7 Å². The normalized spacial score (nSPS) is 11.2. The maximum atomic E-state index is 6.17. The summed E-state index contributed by atoms with van der Waals surface area (Å²) in [6, 6.07) is 28.1. The van der Waals surface area contributed by atoms with Crippen LogP contribution >= 0.6 is 0 Å². The number of nitrogens with one attached hydrogen (secondary N) is 2. The third-order valence-corrected chi connectivity index (χ3v) is 5.79. The third kappa shape index (κ3) is 7.46. The van der Waals surface area contributed by atoms with Gasteiger partial charge in [-0.3, -0.25) is 0 Å². The number of hydrogen-bond acceptors (Lipinski definition) is 4. The molecule has 0 saturated heterocycles. The fraction of sp³-hybridized carbons (Fsp3) is 0.188. The van der Waals surface area contributed by atoms with Gasteiger partial charge in [-0.2, -0.15) is 0 Å². The highest BCUT2D eigenvalue weighted by molar-refractivity contribution is 5.80. The van der Waals surface area contributed by atoms with Gasteiger partial charge in [0.1, 0.15) is 36.1 Å². The summed E-state index contributed by atoms with van der Waals surface area (Å²) in [5.41, 5.74) is 7.80. The summed E-state index contributed by atoms with van der Waals surface area (Å²) in [6.45, 7) is 8.92. The van der Waals surface area contributed by atoms with Gasteiger partial charge in [0.2, 0.25) is 0 Å². The molecule has 0 bridgehead atoms. The highest BCUT2D eigenvalue weighted by atomic mass is 16.5. The molecule has 0 amide bonds. The Labute approximate surface area is 225 Å². The van der Waals surface area contributed by atoms with Crippen molar-refractivity contribution in [3.63, 3.8) is 0 Å². The van der Waals surface area contributed by atoms with Crippen molar-refractivity contribution >= 4 is 35.4 Å². The van der Waals surface area contributed by atoms with Gasteiger partial charge in [-0.05, 0) is 86.3 Å². The summed E-state index contributed by atoms with van der Waals surface area (Å²) in [6.07, 6.45) is 3.38. The fourth-order valence-electron chi connectivity index (χ4n) is 4.14. The van der Waals surface area contributed by atoms with E-state index in [2.05, 4.69) is 46.6 Å². The number of aryl methyl sites for hydroxylation is 4. The van der Waals surface area contributed by atoms with Gasteiger partial charge in [-0.25, -0.2) is 9.98 Å². The molecule has 0 spiro atoms. The van der Waals surface area contributed by atoms with Gasteiger partial charge >= 0.3 is 0 Å². The SMILES string of the molecule is Cc1cc(C)c(OCCOc2c(C)cc(C)cc2N=CNc2ccccc2)c(N=CNc2ccccc2)c1. The van der Waals surface area contributed by atoms with Crippen LogP contribution in [0, 0.1) is 27.7 Å². The third-order valence-electron chi connectivity index (χ3n) is 5.79. The number of benzene rings is 4. The average Bonchev–Trinajstić information content (AvgIpc) is 2.90. The van der Waals surface area contributed by atoms with Crippen LogP contribution in [0.15, 0.2) is 94.9 Å². The molecule has 0 saturated carbocycles. The minimum Gasteiger partial charge on any atom is -0.487 e. The second kappa shape index (κ2) is 13.1. The summed E-state index contributed by atoms with van der Waals surface area (Å²) in [7, 11) is 0. The van der Waals surface area contributed by atoms with E-state index >= 15 is 0 Å². The van der Waals surface area contributed by atoms with Crippen molar-refractivity contribution in [2.24, 2.45) is 9.98 Å². The van der Waals surface area contributed by atoms with Crippen LogP contribution in [0.5, 0.6) is 11.5 Å². The van der Waals surface area contributed by atoms with E-state index in [1.165, 1.54) is 0 Å². The lowest BCUT2D eigenvalue weighted by molar-refractivity contribution is 0.216. The average molecular weight is 507 g/mol. The second-order valence-electron chi connectivity index (χ2n) is 9.09. The first-order chi connectivity index (χ1) is 18.5. The molecular formula is C32H34N4O2. The molecule has 4 aromatic carbocycles. The van der Waals surface area contributed by atoms with E-state index in [1.807, 2.05) is 86.6 Å². The fourth-order valence-corrected chi connectivity index (χ4v) is 4.14. The van der Waals surface area contributed by atoms with Crippen LogP contribution in [0.3, 0.4) is 0 Å². The van der Waals surface area contributed by atoms with Gasteiger partial charge in [-0.1, -0.05) is 48.5 Å².